The minimum atomic E-state index is -1.00. The Morgan fingerprint density at radius 1 is 2.00 bits per heavy atom. The lowest BCUT2D eigenvalue weighted by Gasteiger charge is -1.92. The van der Waals surface area contributed by atoms with Crippen LogP contribution in [0.25, 0.3) is 0 Å². The number of hydrogen-bond donors (Lipinski definition) is 1. The van der Waals surface area contributed by atoms with Gasteiger partial charge in [0.25, 0.3) is 0 Å². The first-order chi connectivity index (χ1) is 3.13. The van der Waals surface area contributed by atoms with E-state index in [4.69, 9.17) is 16.7 Å². The molecule has 42 valence electrons. The van der Waals surface area contributed by atoms with Crippen LogP contribution in [-0.4, -0.2) is 16.5 Å². The Kier molecular flexibility index (Phi) is 2.96. The maximum absolute atomic E-state index is 10.0. The van der Waals surface area contributed by atoms with E-state index in [0.29, 0.717) is 0 Å². The molecule has 0 aliphatic heterocycles. The average molecular weight is 123 g/mol. The topological polar surface area (TPSA) is 37.3 Å². The van der Waals surface area contributed by atoms with Gasteiger partial charge in [0.2, 0.25) is 0 Å². The van der Waals surface area contributed by atoms with Crippen LogP contribution in [0.15, 0.2) is 0 Å². The third kappa shape index (κ3) is 5.92. The SMILES string of the molecule is CC(=O)CC(O)Cl. The largest absolute Gasteiger partial charge is 0.377 e. The third-order valence-electron chi connectivity index (χ3n) is 0.456. The van der Waals surface area contributed by atoms with E-state index in [9.17, 15) is 4.79 Å². The highest BCUT2D eigenvalue weighted by Crippen LogP contribution is 1.95. The molecule has 0 saturated heterocycles. The van der Waals surface area contributed by atoms with Crippen molar-refractivity contribution in [1.82, 2.24) is 0 Å². The number of aliphatic hydroxyl groups is 1. The van der Waals surface area contributed by atoms with Crippen LogP contribution in [0.3, 0.4) is 0 Å². The van der Waals surface area contributed by atoms with Gasteiger partial charge in [-0.05, 0) is 6.92 Å². The standard InChI is InChI=1S/C4H7ClO2/c1-3(6)2-4(5)7/h4,7H,2H2,1H3. The molecular formula is C4H7ClO2. The van der Waals surface area contributed by atoms with Gasteiger partial charge in [0.05, 0.1) is 0 Å². The molecule has 7 heavy (non-hydrogen) atoms. The minimum Gasteiger partial charge on any atom is -0.377 e. The second-order valence-corrected chi connectivity index (χ2v) is 1.84. The molecule has 0 aliphatic carbocycles. The first kappa shape index (κ1) is 6.92. The summed E-state index contributed by atoms with van der Waals surface area (Å²) in [5.74, 6) is -0.0949. The van der Waals surface area contributed by atoms with Gasteiger partial charge in [0.15, 0.2) is 0 Å². The summed E-state index contributed by atoms with van der Waals surface area (Å²) in [6, 6.07) is 0. The van der Waals surface area contributed by atoms with Gasteiger partial charge in [0.1, 0.15) is 11.3 Å². The van der Waals surface area contributed by atoms with E-state index in [1.807, 2.05) is 0 Å². The van der Waals surface area contributed by atoms with Crippen LogP contribution in [0.4, 0.5) is 0 Å². The molecule has 1 unspecified atom stereocenters. The third-order valence-corrected chi connectivity index (χ3v) is 0.610. The van der Waals surface area contributed by atoms with Crippen LogP contribution in [0.5, 0.6) is 0 Å². The van der Waals surface area contributed by atoms with Crippen LogP contribution in [0.1, 0.15) is 13.3 Å². The molecule has 3 heteroatoms. The maximum Gasteiger partial charge on any atom is 0.134 e. The number of carbonyl (C=O) groups is 1. The molecule has 0 saturated carbocycles. The predicted molar refractivity (Wildman–Crippen MR) is 27.2 cm³/mol. The first-order valence-electron chi connectivity index (χ1n) is 1.94. The quantitative estimate of drug-likeness (QED) is 0.543. The molecule has 0 spiro atoms. The zero-order chi connectivity index (χ0) is 5.86. The van der Waals surface area contributed by atoms with Crippen molar-refractivity contribution in [3.05, 3.63) is 0 Å². The Morgan fingerprint density at radius 2 is 2.43 bits per heavy atom. The molecule has 1 atom stereocenters. The number of rotatable bonds is 2. The van der Waals surface area contributed by atoms with Gasteiger partial charge in [-0.1, -0.05) is 11.6 Å². The minimum absolute atomic E-state index is 0.0432. The Hall–Kier alpha value is -0.0800. The highest BCUT2D eigenvalue weighted by atomic mass is 35.5. The van der Waals surface area contributed by atoms with Crippen molar-refractivity contribution >= 4 is 17.4 Å². The summed E-state index contributed by atoms with van der Waals surface area (Å²) in [5.41, 5.74) is -1.00. The van der Waals surface area contributed by atoms with Gasteiger partial charge < -0.3 is 5.11 Å². The fraction of sp³-hybridized carbons (Fsp3) is 0.750. The zero-order valence-electron chi connectivity index (χ0n) is 4.02. The highest BCUT2D eigenvalue weighted by molar-refractivity contribution is 6.20. The van der Waals surface area contributed by atoms with Crippen molar-refractivity contribution in [3.8, 4) is 0 Å². The van der Waals surface area contributed by atoms with Crippen molar-refractivity contribution in [2.75, 3.05) is 0 Å². The molecule has 0 aromatic carbocycles. The van der Waals surface area contributed by atoms with E-state index in [0.717, 1.165) is 0 Å². The Morgan fingerprint density at radius 3 is 2.43 bits per heavy atom. The molecular weight excluding hydrogens is 115 g/mol. The molecule has 0 rings (SSSR count). The first-order valence-corrected chi connectivity index (χ1v) is 2.38. The number of halogens is 1. The van der Waals surface area contributed by atoms with Gasteiger partial charge >= 0.3 is 0 Å². The molecule has 0 amide bonds. The van der Waals surface area contributed by atoms with Crippen LogP contribution in [0.2, 0.25) is 0 Å². The van der Waals surface area contributed by atoms with Crippen molar-refractivity contribution in [2.45, 2.75) is 18.9 Å². The van der Waals surface area contributed by atoms with Crippen LogP contribution < -0.4 is 0 Å². The Labute approximate surface area is 47.1 Å². The monoisotopic (exact) mass is 122 g/mol. The summed E-state index contributed by atoms with van der Waals surface area (Å²) >= 11 is 5.01. The summed E-state index contributed by atoms with van der Waals surface area (Å²) < 4.78 is 0. The molecule has 0 radical (unpaired) electrons. The fourth-order valence-electron chi connectivity index (χ4n) is 0.237. The zero-order valence-corrected chi connectivity index (χ0v) is 4.77. The molecule has 0 aliphatic rings. The van der Waals surface area contributed by atoms with Crippen LogP contribution in [-0.2, 0) is 4.79 Å². The second-order valence-electron chi connectivity index (χ2n) is 1.34. The van der Waals surface area contributed by atoms with E-state index >= 15 is 0 Å². The van der Waals surface area contributed by atoms with E-state index in [1.54, 1.807) is 0 Å². The number of ketones is 1. The molecule has 1 N–H and O–H groups in total. The van der Waals surface area contributed by atoms with Gasteiger partial charge in [-0.3, -0.25) is 4.79 Å². The molecule has 0 bridgehead atoms. The molecule has 0 aromatic rings. The van der Waals surface area contributed by atoms with Gasteiger partial charge in [0, 0.05) is 6.42 Å². The van der Waals surface area contributed by atoms with Gasteiger partial charge in [-0.25, -0.2) is 0 Å². The highest BCUT2D eigenvalue weighted by Gasteiger charge is 1.99. The van der Waals surface area contributed by atoms with Crippen molar-refractivity contribution in [2.24, 2.45) is 0 Å². The normalized spacial score (nSPS) is 13.6. The number of hydrogen-bond acceptors (Lipinski definition) is 2. The Bertz CT molecular complexity index is 70.1. The number of aliphatic hydroxyl groups excluding tert-OH is 1. The summed E-state index contributed by atoms with van der Waals surface area (Å²) in [6.07, 6.45) is 0.0432. The lowest BCUT2D eigenvalue weighted by Crippen LogP contribution is -2.01. The second kappa shape index (κ2) is 2.99. The Balaban J connectivity index is 3.13. The van der Waals surface area contributed by atoms with Crippen molar-refractivity contribution in [3.63, 3.8) is 0 Å². The number of alkyl halides is 1. The smallest absolute Gasteiger partial charge is 0.134 e. The predicted octanol–water partition coefficient (Wildman–Crippen LogP) is 0.523. The van der Waals surface area contributed by atoms with E-state index in [2.05, 4.69) is 0 Å². The van der Waals surface area contributed by atoms with Crippen molar-refractivity contribution in [1.29, 1.82) is 0 Å². The maximum atomic E-state index is 10.0. The van der Waals surface area contributed by atoms with E-state index < -0.39 is 5.56 Å². The van der Waals surface area contributed by atoms with Gasteiger partial charge in [-0.2, -0.15) is 0 Å². The fourth-order valence-corrected chi connectivity index (χ4v) is 0.455. The average Bonchev–Trinajstić information content (AvgIpc) is 1.27. The van der Waals surface area contributed by atoms with Crippen molar-refractivity contribution < 1.29 is 9.90 Å². The molecule has 0 fully saturated rings. The van der Waals surface area contributed by atoms with E-state index in [-0.39, 0.29) is 12.2 Å². The summed E-state index contributed by atoms with van der Waals surface area (Å²) in [6.45, 7) is 1.38. The van der Waals surface area contributed by atoms with E-state index in [1.165, 1.54) is 6.92 Å². The number of carbonyl (C=O) groups excluding carboxylic acids is 1. The van der Waals surface area contributed by atoms with Crippen LogP contribution >= 0.6 is 11.6 Å². The molecule has 0 aromatic heterocycles. The summed E-state index contributed by atoms with van der Waals surface area (Å²) in [5, 5.41) is 8.27. The lowest BCUT2D eigenvalue weighted by atomic mass is 10.3. The summed E-state index contributed by atoms with van der Waals surface area (Å²) in [7, 11) is 0. The molecule has 0 heterocycles. The summed E-state index contributed by atoms with van der Waals surface area (Å²) in [4.78, 5) is 10.0. The van der Waals surface area contributed by atoms with Crippen LogP contribution in [0, 0.1) is 0 Å². The molecule has 2 nitrogen and oxygen atoms in total. The number of Topliss-reactive ketones (excluding diaryl/α,β-unsaturated/α-hetero) is 1. The lowest BCUT2D eigenvalue weighted by molar-refractivity contribution is -0.117. The van der Waals surface area contributed by atoms with Gasteiger partial charge in [-0.15, -0.1) is 0 Å².